The molecule has 1 aliphatic rings. The molecule has 5 nitrogen and oxygen atoms in total. The van der Waals surface area contributed by atoms with Gasteiger partial charge >= 0.3 is 5.97 Å². The molecule has 18 heavy (non-hydrogen) atoms. The summed E-state index contributed by atoms with van der Waals surface area (Å²) in [6.45, 7) is 1.00. The van der Waals surface area contributed by atoms with Gasteiger partial charge in [0, 0.05) is 18.5 Å². The van der Waals surface area contributed by atoms with Crippen LogP contribution in [0.25, 0.3) is 10.8 Å². The standard InChI is InChI=1S/C13H12N2O3/c16-9-6-15(7-9)12-10-4-2-1-3-8(10)5-11(14-12)13(17)18/h1-5,9,16H,6-7H2,(H,17,18). The molecule has 1 saturated heterocycles. The largest absolute Gasteiger partial charge is 0.477 e. The van der Waals surface area contributed by atoms with E-state index in [2.05, 4.69) is 4.98 Å². The summed E-state index contributed by atoms with van der Waals surface area (Å²) in [6, 6.07) is 9.10. The van der Waals surface area contributed by atoms with Gasteiger partial charge in [0.15, 0.2) is 5.69 Å². The summed E-state index contributed by atoms with van der Waals surface area (Å²) in [7, 11) is 0. The fourth-order valence-corrected chi connectivity index (χ4v) is 2.16. The summed E-state index contributed by atoms with van der Waals surface area (Å²) in [6.07, 6.45) is -0.348. The molecule has 5 heteroatoms. The Kier molecular flexibility index (Phi) is 2.41. The number of aliphatic hydroxyl groups is 1. The normalized spacial score (nSPS) is 15.7. The lowest BCUT2D eigenvalue weighted by Gasteiger charge is -2.37. The Morgan fingerprint density at radius 2 is 2.06 bits per heavy atom. The molecule has 2 heterocycles. The monoisotopic (exact) mass is 244 g/mol. The minimum absolute atomic E-state index is 0.0325. The molecule has 0 amide bonds. The van der Waals surface area contributed by atoms with Gasteiger partial charge in [0.2, 0.25) is 0 Å². The Morgan fingerprint density at radius 3 is 2.72 bits per heavy atom. The number of aromatic carboxylic acids is 1. The zero-order chi connectivity index (χ0) is 12.7. The summed E-state index contributed by atoms with van der Waals surface area (Å²) in [5, 5.41) is 20.2. The molecule has 0 unspecified atom stereocenters. The zero-order valence-electron chi connectivity index (χ0n) is 9.58. The van der Waals surface area contributed by atoms with Crippen LogP contribution in [0.3, 0.4) is 0 Å². The van der Waals surface area contributed by atoms with Crippen molar-refractivity contribution >= 4 is 22.6 Å². The molecule has 0 saturated carbocycles. The van der Waals surface area contributed by atoms with Crippen molar-refractivity contribution in [1.82, 2.24) is 4.98 Å². The van der Waals surface area contributed by atoms with Gasteiger partial charge in [0.25, 0.3) is 0 Å². The summed E-state index contributed by atoms with van der Waals surface area (Å²) in [5.74, 6) is -0.404. The van der Waals surface area contributed by atoms with Crippen LogP contribution in [0.15, 0.2) is 30.3 Å². The van der Waals surface area contributed by atoms with E-state index in [-0.39, 0.29) is 11.8 Å². The van der Waals surface area contributed by atoms with Crippen molar-refractivity contribution < 1.29 is 15.0 Å². The first-order valence-corrected chi connectivity index (χ1v) is 5.71. The number of hydrogen-bond acceptors (Lipinski definition) is 4. The third kappa shape index (κ3) is 1.69. The maximum absolute atomic E-state index is 11.1. The van der Waals surface area contributed by atoms with Gasteiger partial charge in [-0.2, -0.15) is 0 Å². The quantitative estimate of drug-likeness (QED) is 0.828. The molecule has 1 fully saturated rings. The fourth-order valence-electron chi connectivity index (χ4n) is 2.16. The van der Waals surface area contributed by atoms with Gasteiger partial charge in [-0.1, -0.05) is 24.3 Å². The van der Waals surface area contributed by atoms with Crippen LogP contribution in [0.4, 0.5) is 5.82 Å². The van der Waals surface area contributed by atoms with Crippen molar-refractivity contribution in [2.45, 2.75) is 6.10 Å². The molecule has 0 bridgehead atoms. The molecule has 2 aromatic rings. The number of fused-ring (bicyclic) bond motifs is 1. The minimum atomic E-state index is -1.04. The molecule has 3 rings (SSSR count). The lowest BCUT2D eigenvalue weighted by atomic mass is 10.1. The van der Waals surface area contributed by atoms with E-state index in [1.807, 2.05) is 29.2 Å². The molecule has 1 aromatic carbocycles. The SMILES string of the molecule is O=C(O)c1cc2ccccc2c(N2CC(O)C2)n1. The maximum atomic E-state index is 11.1. The average Bonchev–Trinajstić information content (AvgIpc) is 2.33. The smallest absolute Gasteiger partial charge is 0.354 e. The summed E-state index contributed by atoms with van der Waals surface area (Å²) < 4.78 is 0. The number of carboxylic acid groups (broad SMARTS) is 1. The molecule has 0 spiro atoms. The van der Waals surface area contributed by atoms with Crippen molar-refractivity contribution in [1.29, 1.82) is 0 Å². The number of anilines is 1. The third-order valence-corrected chi connectivity index (χ3v) is 3.10. The summed E-state index contributed by atoms with van der Waals surface area (Å²) >= 11 is 0. The van der Waals surface area contributed by atoms with Crippen LogP contribution in [0.5, 0.6) is 0 Å². The van der Waals surface area contributed by atoms with Crippen molar-refractivity contribution in [3.63, 3.8) is 0 Å². The molecule has 1 aromatic heterocycles. The molecular formula is C13H12N2O3. The number of aromatic nitrogens is 1. The number of benzene rings is 1. The molecule has 1 aliphatic heterocycles. The van der Waals surface area contributed by atoms with E-state index in [0.717, 1.165) is 10.8 Å². The molecule has 2 N–H and O–H groups in total. The van der Waals surface area contributed by atoms with Gasteiger partial charge in [-0.3, -0.25) is 0 Å². The Morgan fingerprint density at radius 1 is 1.33 bits per heavy atom. The van der Waals surface area contributed by atoms with Crippen LogP contribution in [0, 0.1) is 0 Å². The molecule has 0 radical (unpaired) electrons. The number of aliphatic hydroxyl groups excluding tert-OH is 1. The number of nitrogens with zero attached hydrogens (tertiary/aromatic N) is 2. The number of rotatable bonds is 2. The molecule has 0 atom stereocenters. The van der Waals surface area contributed by atoms with E-state index in [9.17, 15) is 9.90 Å². The Labute approximate surface area is 103 Å². The fraction of sp³-hybridized carbons (Fsp3) is 0.231. The predicted molar refractivity (Wildman–Crippen MR) is 66.9 cm³/mol. The topological polar surface area (TPSA) is 73.7 Å². The van der Waals surface area contributed by atoms with Gasteiger partial charge in [-0.05, 0) is 11.5 Å². The first-order chi connectivity index (χ1) is 8.65. The van der Waals surface area contributed by atoms with E-state index in [0.29, 0.717) is 18.9 Å². The van der Waals surface area contributed by atoms with E-state index >= 15 is 0 Å². The van der Waals surface area contributed by atoms with Gasteiger partial charge < -0.3 is 15.1 Å². The third-order valence-electron chi connectivity index (χ3n) is 3.10. The van der Waals surface area contributed by atoms with Crippen molar-refractivity contribution in [2.24, 2.45) is 0 Å². The Bertz CT molecular complexity index is 621. The number of carboxylic acids is 1. The number of carbonyl (C=O) groups is 1. The highest BCUT2D eigenvalue weighted by Crippen LogP contribution is 2.28. The zero-order valence-corrected chi connectivity index (χ0v) is 9.58. The number of hydrogen-bond donors (Lipinski definition) is 2. The average molecular weight is 244 g/mol. The lowest BCUT2D eigenvalue weighted by Crippen LogP contribution is -2.51. The van der Waals surface area contributed by atoms with E-state index in [1.54, 1.807) is 6.07 Å². The lowest BCUT2D eigenvalue weighted by molar-refractivity contribution is 0.0690. The van der Waals surface area contributed by atoms with Crippen molar-refractivity contribution in [2.75, 3.05) is 18.0 Å². The first kappa shape index (κ1) is 11.0. The highest BCUT2D eigenvalue weighted by Gasteiger charge is 2.27. The maximum Gasteiger partial charge on any atom is 0.354 e. The van der Waals surface area contributed by atoms with Crippen LogP contribution in [-0.4, -0.2) is 40.4 Å². The summed E-state index contributed by atoms with van der Waals surface area (Å²) in [4.78, 5) is 17.1. The van der Waals surface area contributed by atoms with E-state index in [4.69, 9.17) is 5.11 Å². The van der Waals surface area contributed by atoms with Gasteiger partial charge in [-0.25, -0.2) is 9.78 Å². The van der Waals surface area contributed by atoms with Crippen LogP contribution in [0.2, 0.25) is 0 Å². The number of pyridine rings is 1. The molecule has 0 aliphatic carbocycles. The number of β-amino-alcohol motifs (C(OH)–C–C–N with tert-alkyl or cyclic N) is 1. The Hall–Kier alpha value is -2.14. The van der Waals surface area contributed by atoms with E-state index < -0.39 is 5.97 Å². The van der Waals surface area contributed by atoms with Crippen molar-refractivity contribution in [3.8, 4) is 0 Å². The Balaban J connectivity index is 2.17. The van der Waals surface area contributed by atoms with Gasteiger partial charge in [0.05, 0.1) is 6.10 Å². The van der Waals surface area contributed by atoms with Crippen LogP contribution in [0.1, 0.15) is 10.5 Å². The van der Waals surface area contributed by atoms with Crippen LogP contribution >= 0.6 is 0 Å². The summed E-state index contributed by atoms with van der Waals surface area (Å²) in [5.41, 5.74) is 0.0325. The minimum Gasteiger partial charge on any atom is -0.477 e. The van der Waals surface area contributed by atoms with Crippen molar-refractivity contribution in [3.05, 3.63) is 36.0 Å². The highest BCUT2D eigenvalue weighted by molar-refractivity contribution is 5.98. The molecule has 92 valence electrons. The first-order valence-electron chi connectivity index (χ1n) is 5.71. The van der Waals surface area contributed by atoms with Gasteiger partial charge in [0.1, 0.15) is 5.82 Å². The second-order valence-electron chi connectivity index (χ2n) is 4.42. The van der Waals surface area contributed by atoms with E-state index in [1.165, 1.54) is 0 Å². The second-order valence-corrected chi connectivity index (χ2v) is 4.42. The predicted octanol–water partition coefficient (Wildman–Crippen LogP) is 1.11. The van der Waals surface area contributed by atoms with Crippen LogP contribution in [-0.2, 0) is 0 Å². The van der Waals surface area contributed by atoms with Crippen LogP contribution < -0.4 is 4.90 Å². The second kappa shape index (κ2) is 3.96. The van der Waals surface area contributed by atoms with Gasteiger partial charge in [-0.15, -0.1) is 0 Å². The highest BCUT2D eigenvalue weighted by atomic mass is 16.4. The molecular weight excluding hydrogens is 232 g/mol.